The maximum Gasteiger partial charge on any atom is 0.291 e. The number of carbonyl (C=O) groups is 2. The highest BCUT2D eigenvalue weighted by atomic mass is 19.1. The van der Waals surface area contributed by atoms with Crippen LogP contribution >= 0.6 is 0 Å². The third kappa shape index (κ3) is 4.32. The molecule has 0 unspecified atom stereocenters. The molecule has 3 aromatic rings. The Morgan fingerprint density at radius 2 is 2.00 bits per heavy atom. The van der Waals surface area contributed by atoms with Crippen molar-refractivity contribution in [2.45, 2.75) is 20.1 Å². The molecule has 0 fully saturated rings. The fourth-order valence-electron chi connectivity index (χ4n) is 2.30. The van der Waals surface area contributed by atoms with E-state index < -0.39 is 11.8 Å². The molecule has 2 heterocycles. The molecule has 0 aliphatic rings. The van der Waals surface area contributed by atoms with E-state index in [9.17, 15) is 14.0 Å². The number of ether oxygens (including phenoxy) is 1. The molecular formula is C18H17FN4O4. The molecule has 9 heteroatoms. The van der Waals surface area contributed by atoms with Crippen molar-refractivity contribution >= 4 is 17.5 Å². The number of hydrogen-bond acceptors (Lipinski definition) is 5. The van der Waals surface area contributed by atoms with E-state index in [-0.39, 0.29) is 29.6 Å². The van der Waals surface area contributed by atoms with Crippen LogP contribution in [-0.4, -0.2) is 21.6 Å². The van der Waals surface area contributed by atoms with Gasteiger partial charge < -0.3 is 20.2 Å². The van der Waals surface area contributed by atoms with E-state index in [4.69, 9.17) is 14.9 Å². The number of hydrogen-bond donors (Lipinski definition) is 2. The number of amides is 2. The van der Waals surface area contributed by atoms with Crippen LogP contribution in [-0.2, 0) is 13.2 Å². The van der Waals surface area contributed by atoms with Gasteiger partial charge in [0.05, 0.1) is 5.69 Å². The predicted molar refractivity (Wildman–Crippen MR) is 93.8 cm³/mol. The molecule has 0 aliphatic carbocycles. The Morgan fingerprint density at radius 1 is 1.26 bits per heavy atom. The zero-order valence-corrected chi connectivity index (χ0v) is 14.4. The second kappa shape index (κ2) is 7.73. The van der Waals surface area contributed by atoms with Crippen LogP contribution in [0.2, 0.25) is 0 Å². The molecule has 0 spiro atoms. The van der Waals surface area contributed by atoms with E-state index >= 15 is 0 Å². The van der Waals surface area contributed by atoms with E-state index in [1.807, 2.05) is 6.92 Å². The van der Waals surface area contributed by atoms with Crippen molar-refractivity contribution < 1.29 is 23.1 Å². The van der Waals surface area contributed by atoms with E-state index in [2.05, 4.69) is 10.4 Å². The minimum Gasteiger partial charge on any atom is -0.486 e. The predicted octanol–water partition coefficient (Wildman–Crippen LogP) is 2.57. The third-order valence-electron chi connectivity index (χ3n) is 3.65. The molecule has 27 heavy (non-hydrogen) atoms. The first kappa shape index (κ1) is 18.2. The molecule has 8 nitrogen and oxygen atoms in total. The lowest BCUT2D eigenvalue weighted by Gasteiger charge is -2.04. The minimum atomic E-state index is -0.745. The van der Waals surface area contributed by atoms with E-state index in [1.54, 1.807) is 6.07 Å². The smallest absolute Gasteiger partial charge is 0.291 e. The molecule has 0 saturated heterocycles. The number of aryl methyl sites for hydroxylation is 1. The number of rotatable bonds is 7. The van der Waals surface area contributed by atoms with Gasteiger partial charge in [-0.1, -0.05) is 0 Å². The van der Waals surface area contributed by atoms with Gasteiger partial charge in [-0.15, -0.1) is 0 Å². The van der Waals surface area contributed by atoms with Crippen LogP contribution in [0.5, 0.6) is 5.75 Å². The van der Waals surface area contributed by atoms with Crippen LogP contribution in [0.15, 0.2) is 47.0 Å². The third-order valence-corrected chi connectivity index (χ3v) is 3.65. The van der Waals surface area contributed by atoms with Gasteiger partial charge in [0.25, 0.3) is 11.8 Å². The van der Waals surface area contributed by atoms with Crippen LogP contribution in [0.4, 0.5) is 10.1 Å². The molecule has 2 amide bonds. The summed E-state index contributed by atoms with van der Waals surface area (Å²) in [6.07, 6.45) is 1.51. The molecule has 0 bridgehead atoms. The SMILES string of the molecule is CCn1cc(NC(=O)c2ccc(COc3ccc(F)cc3)o2)c(C(N)=O)n1. The summed E-state index contributed by atoms with van der Waals surface area (Å²) in [6, 6.07) is 8.60. The zero-order chi connectivity index (χ0) is 19.4. The molecule has 1 aromatic carbocycles. The number of carbonyl (C=O) groups excluding carboxylic acids is 2. The largest absolute Gasteiger partial charge is 0.486 e. The second-order valence-electron chi connectivity index (χ2n) is 5.57. The minimum absolute atomic E-state index is 0.0309. The van der Waals surface area contributed by atoms with E-state index in [0.717, 1.165) is 0 Å². The molecule has 3 rings (SSSR count). The lowest BCUT2D eigenvalue weighted by molar-refractivity contribution is 0.0992. The first-order valence-electron chi connectivity index (χ1n) is 8.12. The molecule has 0 radical (unpaired) electrons. The van der Waals surface area contributed by atoms with Crippen molar-refractivity contribution in [3.63, 3.8) is 0 Å². The molecule has 3 N–H and O–H groups in total. The normalized spacial score (nSPS) is 10.6. The fourth-order valence-corrected chi connectivity index (χ4v) is 2.30. The topological polar surface area (TPSA) is 112 Å². The summed E-state index contributed by atoms with van der Waals surface area (Å²) in [5.41, 5.74) is 5.45. The number of primary amides is 1. The summed E-state index contributed by atoms with van der Waals surface area (Å²) in [4.78, 5) is 23.8. The Kier molecular flexibility index (Phi) is 5.20. The van der Waals surface area contributed by atoms with Crippen molar-refractivity contribution in [2.75, 3.05) is 5.32 Å². The monoisotopic (exact) mass is 372 g/mol. The highest BCUT2D eigenvalue weighted by Gasteiger charge is 2.18. The van der Waals surface area contributed by atoms with Crippen LogP contribution in [0.25, 0.3) is 0 Å². The number of anilines is 1. The number of benzene rings is 1. The Balaban J connectivity index is 1.65. The maximum absolute atomic E-state index is 12.9. The fraction of sp³-hybridized carbons (Fsp3) is 0.167. The van der Waals surface area contributed by atoms with Crippen molar-refractivity contribution in [3.05, 3.63) is 65.6 Å². The van der Waals surface area contributed by atoms with Gasteiger partial charge in [-0.25, -0.2) is 4.39 Å². The van der Waals surface area contributed by atoms with Gasteiger partial charge in [0.15, 0.2) is 11.5 Å². The van der Waals surface area contributed by atoms with Crippen LogP contribution < -0.4 is 15.8 Å². The molecular weight excluding hydrogens is 355 g/mol. The lowest BCUT2D eigenvalue weighted by Crippen LogP contribution is -2.17. The lowest BCUT2D eigenvalue weighted by atomic mass is 10.3. The maximum atomic E-state index is 12.9. The highest BCUT2D eigenvalue weighted by molar-refractivity contribution is 6.06. The quantitative estimate of drug-likeness (QED) is 0.662. The van der Waals surface area contributed by atoms with Crippen molar-refractivity contribution in [3.8, 4) is 5.75 Å². The second-order valence-corrected chi connectivity index (χ2v) is 5.57. The summed E-state index contributed by atoms with van der Waals surface area (Å²) in [6.45, 7) is 2.42. The summed E-state index contributed by atoms with van der Waals surface area (Å²) in [5.74, 6) is -0.749. The molecule has 0 saturated carbocycles. The molecule has 140 valence electrons. The van der Waals surface area contributed by atoms with Gasteiger partial charge in [0, 0.05) is 12.7 Å². The highest BCUT2D eigenvalue weighted by Crippen LogP contribution is 2.18. The first-order valence-corrected chi connectivity index (χ1v) is 8.12. The van der Waals surface area contributed by atoms with Gasteiger partial charge in [0.1, 0.15) is 23.9 Å². The zero-order valence-electron chi connectivity index (χ0n) is 14.4. The summed E-state index contributed by atoms with van der Waals surface area (Å²) >= 11 is 0. The van der Waals surface area contributed by atoms with Crippen molar-refractivity contribution in [1.82, 2.24) is 9.78 Å². The summed E-state index contributed by atoms with van der Waals surface area (Å²) in [7, 11) is 0. The number of nitrogens with two attached hydrogens (primary N) is 1. The van der Waals surface area contributed by atoms with Crippen molar-refractivity contribution in [2.24, 2.45) is 5.73 Å². The number of furan rings is 1. The first-order chi connectivity index (χ1) is 13.0. The molecule has 0 aliphatic heterocycles. The summed E-state index contributed by atoms with van der Waals surface area (Å²) < 4.78 is 25.3. The Morgan fingerprint density at radius 3 is 2.67 bits per heavy atom. The summed E-state index contributed by atoms with van der Waals surface area (Å²) in [5, 5.41) is 6.56. The standard InChI is InChI=1S/C18H17FN4O4/c1-2-23-9-14(16(22-23)17(20)24)21-18(25)15-8-7-13(27-15)10-26-12-5-3-11(19)4-6-12/h3-9H,2,10H2,1H3,(H2,20,24)(H,21,25). The van der Waals surface area contributed by atoms with Gasteiger partial charge in [0.2, 0.25) is 0 Å². The molecule has 0 atom stereocenters. The number of aromatic nitrogens is 2. The number of nitrogens with zero attached hydrogens (tertiary/aromatic N) is 2. The average Bonchev–Trinajstić information content (AvgIpc) is 3.28. The Bertz CT molecular complexity index is 962. The van der Waals surface area contributed by atoms with Gasteiger partial charge in [-0.05, 0) is 43.3 Å². The van der Waals surface area contributed by atoms with Gasteiger partial charge >= 0.3 is 0 Å². The molecule has 2 aromatic heterocycles. The van der Waals surface area contributed by atoms with Crippen LogP contribution in [0, 0.1) is 5.82 Å². The van der Waals surface area contributed by atoms with E-state index in [0.29, 0.717) is 18.1 Å². The Labute approximate surface area is 153 Å². The van der Waals surface area contributed by atoms with Crippen LogP contribution in [0.1, 0.15) is 33.7 Å². The van der Waals surface area contributed by atoms with Gasteiger partial charge in [-0.3, -0.25) is 14.3 Å². The Hall–Kier alpha value is -3.62. The average molecular weight is 372 g/mol. The van der Waals surface area contributed by atoms with Gasteiger partial charge in [-0.2, -0.15) is 5.10 Å². The van der Waals surface area contributed by atoms with E-state index in [1.165, 1.54) is 41.2 Å². The van der Waals surface area contributed by atoms with Crippen LogP contribution in [0.3, 0.4) is 0 Å². The van der Waals surface area contributed by atoms with Crippen molar-refractivity contribution in [1.29, 1.82) is 0 Å². The number of nitrogens with one attached hydrogen (secondary N) is 1. The number of halogens is 1.